The molecule has 0 radical (unpaired) electrons. The van der Waals surface area contributed by atoms with Gasteiger partial charge < -0.3 is 5.32 Å². The normalized spacial score (nSPS) is 19.0. The van der Waals surface area contributed by atoms with E-state index in [1.807, 2.05) is 13.1 Å². The van der Waals surface area contributed by atoms with Crippen molar-refractivity contribution >= 4 is 29.3 Å². The summed E-state index contributed by atoms with van der Waals surface area (Å²) in [6.45, 7) is 3.19. The minimum absolute atomic E-state index is 0.0936. The van der Waals surface area contributed by atoms with Crippen LogP contribution in [0.4, 0.5) is 5.69 Å². The van der Waals surface area contributed by atoms with E-state index in [0.29, 0.717) is 12.2 Å². The van der Waals surface area contributed by atoms with E-state index in [9.17, 15) is 19.2 Å². The van der Waals surface area contributed by atoms with Gasteiger partial charge in [-0.05, 0) is 25.5 Å². The van der Waals surface area contributed by atoms with Gasteiger partial charge in [-0.2, -0.15) is 5.10 Å². The molecule has 0 saturated carbocycles. The van der Waals surface area contributed by atoms with Crippen LogP contribution in [0, 0.1) is 0 Å². The highest BCUT2D eigenvalue weighted by Crippen LogP contribution is 2.32. The van der Waals surface area contributed by atoms with Gasteiger partial charge in [0.15, 0.2) is 0 Å². The Morgan fingerprint density at radius 2 is 2.04 bits per heavy atom. The number of imide groups is 2. The molecule has 1 aromatic carbocycles. The summed E-state index contributed by atoms with van der Waals surface area (Å²) in [7, 11) is 0. The molecule has 28 heavy (non-hydrogen) atoms. The van der Waals surface area contributed by atoms with Crippen LogP contribution in [-0.4, -0.2) is 44.4 Å². The molecule has 1 unspecified atom stereocenters. The Morgan fingerprint density at radius 3 is 2.75 bits per heavy atom. The predicted molar refractivity (Wildman–Crippen MR) is 98.3 cm³/mol. The molecule has 1 atom stereocenters. The van der Waals surface area contributed by atoms with E-state index in [0.717, 1.165) is 17.0 Å². The molecule has 0 spiro atoms. The molecule has 1 saturated heterocycles. The molecule has 4 rings (SSSR count). The minimum atomic E-state index is -0.972. The number of nitrogens with one attached hydrogen (secondary N) is 2. The Hall–Kier alpha value is -3.49. The fourth-order valence-electron chi connectivity index (χ4n) is 3.53. The monoisotopic (exact) mass is 381 g/mol. The number of aryl methyl sites for hydroxylation is 1. The molecule has 1 fully saturated rings. The average molecular weight is 381 g/mol. The zero-order chi connectivity index (χ0) is 19.8. The average Bonchev–Trinajstić information content (AvgIpc) is 3.24. The van der Waals surface area contributed by atoms with Crippen LogP contribution >= 0.6 is 0 Å². The number of amides is 4. The van der Waals surface area contributed by atoms with Crippen LogP contribution in [0.5, 0.6) is 0 Å². The van der Waals surface area contributed by atoms with Crippen molar-refractivity contribution in [2.45, 2.75) is 38.9 Å². The third-order valence-corrected chi connectivity index (χ3v) is 4.96. The van der Waals surface area contributed by atoms with E-state index in [1.165, 1.54) is 0 Å². The molecule has 2 N–H and O–H groups in total. The first-order chi connectivity index (χ1) is 13.5. The zero-order valence-electron chi connectivity index (χ0n) is 15.3. The summed E-state index contributed by atoms with van der Waals surface area (Å²) >= 11 is 0. The summed E-state index contributed by atoms with van der Waals surface area (Å²) in [6, 6.07) is 4.01. The lowest BCUT2D eigenvalue weighted by Crippen LogP contribution is -2.54. The summed E-state index contributed by atoms with van der Waals surface area (Å²) in [4.78, 5) is 50.3. The zero-order valence-corrected chi connectivity index (χ0v) is 15.3. The molecule has 3 heterocycles. The van der Waals surface area contributed by atoms with E-state index in [-0.39, 0.29) is 24.0 Å². The first kappa shape index (κ1) is 17.9. The second-order valence-corrected chi connectivity index (χ2v) is 6.73. The predicted octanol–water partition coefficient (Wildman–Crippen LogP) is 0.916. The highest BCUT2D eigenvalue weighted by Gasteiger charge is 2.45. The van der Waals surface area contributed by atoms with Crippen molar-refractivity contribution in [1.82, 2.24) is 20.0 Å². The van der Waals surface area contributed by atoms with E-state index >= 15 is 0 Å². The molecule has 2 aliphatic rings. The van der Waals surface area contributed by atoms with Gasteiger partial charge >= 0.3 is 0 Å². The third-order valence-electron chi connectivity index (χ3n) is 4.96. The Bertz CT molecular complexity index is 996. The van der Waals surface area contributed by atoms with Crippen molar-refractivity contribution in [2.24, 2.45) is 0 Å². The number of aromatic nitrogens is 2. The fourth-order valence-corrected chi connectivity index (χ4v) is 3.53. The van der Waals surface area contributed by atoms with Crippen LogP contribution in [0.25, 0.3) is 0 Å². The van der Waals surface area contributed by atoms with Gasteiger partial charge in [-0.3, -0.25) is 34.1 Å². The molecule has 1 aromatic heterocycles. The van der Waals surface area contributed by atoms with Crippen molar-refractivity contribution < 1.29 is 19.2 Å². The molecule has 4 amide bonds. The molecule has 0 aliphatic carbocycles. The maximum Gasteiger partial charge on any atom is 0.264 e. The van der Waals surface area contributed by atoms with Crippen molar-refractivity contribution in [1.29, 1.82) is 0 Å². The molecule has 2 aliphatic heterocycles. The molecule has 0 bridgehead atoms. The largest absolute Gasteiger partial charge is 0.380 e. The smallest absolute Gasteiger partial charge is 0.264 e. The third kappa shape index (κ3) is 2.94. The second kappa shape index (κ2) is 6.91. The van der Waals surface area contributed by atoms with Crippen LogP contribution < -0.4 is 10.6 Å². The number of carbonyl (C=O) groups is 4. The Kier molecular flexibility index (Phi) is 4.42. The number of piperidine rings is 1. The van der Waals surface area contributed by atoms with Crippen molar-refractivity contribution in [2.75, 3.05) is 5.32 Å². The summed E-state index contributed by atoms with van der Waals surface area (Å²) in [5.41, 5.74) is 1.97. The van der Waals surface area contributed by atoms with Gasteiger partial charge in [0, 0.05) is 37.0 Å². The Balaban J connectivity index is 1.59. The topological polar surface area (TPSA) is 113 Å². The lowest BCUT2D eigenvalue weighted by atomic mass is 10.0. The first-order valence-corrected chi connectivity index (χ1v) is 9.09. The number of nitrogens with zero attached hydrogens (tertiary/aromatic N) is 3. The molecular formula is C19H19N5O4. The maximum atomic E-state index is 13.0. The van der Waals surface area contributed by atoms with Crippen LogP contribution in [0.15, 0.2) is 30.6 Å². The van der Waals surface area contributed by atoms with Gasteiger partial charge in [0.1, 0.15) is 6.04 Å². The van der Waals surface area contributed by atoms with E-state index in [2.05, 4.69) is 15.7 Å². The Morgan fingerprint density at radius 1 is 1.21 bits per heavy atom. The standard InChI is InChI=1S/C19H19N5O4/c1-2-23-10-11(9-21-23)8-20-13-5-3-4-12-16(13)19(28)24(18(12)27)14-6-7-15(25)22-17(14)26/h3-5,9-10,14,20H,2,6-8H2,1H3,(H,22,25,26). The van der Waals surface area contributed by atoms with Crippen molar-refractivity contribution in [3.05, 3.63) is 47.3 Å². The number of fused-ring (bicyclic) bond motifs is 1. The van der Waals surface area contributed by atoms with Crippen LogP contribution in [-0.2, 0) is 22.7 Å². The van der Waals surface area contributed by atoms with Crippen molar-refractivity contribution in [3.63, 3.8) is 0 Å². The van der Waals surface area contributed by atoms with Crippen LogP contribution in [0.3, 0.4) is 0 Å². The van der Waals surface area contributed by atoms with Gasteiger partial charge in [-0.15, -0.1) is 0 Å². The number of rotatable bonds is 5. The number of anilines is 1. The quantitative estimate of drug-likeness (QED) is 0.745. The lowest BCUT2D eigenvalue weighted by Gasteiger charge is -2.27. The SMILES string of the molecule is CCn1cc(CNc2cccc3c2C(=O)N(C2CCC(=O)NC2=O)C3=O)cn1. The van der Waals surface area contributed by atoms with Gasteiger partial charge in [-0.1, -0.05) is 6.07 Å². The number of benzene rings is 1. The molecule has 2 aromatic rings. The molecule has 9 nitrogen and oxygen atoms in total. The van der Waals surface area contributed by atoms with E-state index in [1.54, 1.807) is 29.1 Å². The summed E-state index contributed by atoms with van der Waals surface area (Å²) in [6.07, 6.45) is 3.87. The summed E-state index contributed by atoms with van der Waals surface area (Å²) in [5.74, 6) is -2.06. The van der Waals surface area contributed by atoms with E-state index in [4.69, 9.17) is 0 Å². The summed E-state index contributed by atoms with van der Waals surface area (Å²) in [5, 5.41) is 9.59. The summed E-state index contributed by atoms with van der Waals surface area (Å²) < 4.78 is 1.80. The fraction of sp³-hybridized carbons (Fsp3) is 0.316. The number of hydrogen-bond acceptors (Lipinski definition) is 6. The number of carbonyl (C=O) groups excluding carboxylic acids is 4. The molecule has 144 valence electrons. The van der Waals surface area contributed by atoms with Gasteiger partial charge in [0.2, 0.25) is 11.8 Å². The lowest BCUT2D eigenvalue weighted by molar-refractivity contribution is -0.136. The first-order valence-electron chi connectivity index (χ1n) is 9.09. The minimum Gasteiger partial charge on any atom is -0.380 e. The Labute approximate surface area is 160 Å². The van der Waals surface area contributed by atoms with Gasteiger partial charge in [0.25, 0.3) is 11.8 Å². The van der Waals surface area contributed by atoms with E-state index < -0.39 is 29.7 Å². The highest BCUT2D eigenvalue weighted by atomic mass is 16.2. The number of hydrogen-bond donors (Lipinski definition) is 2. The van der Waals surface area contributed by atoms with Crippen molar-refractivity contribution in [3.8, 4) is 0 Å². The molecule has 9 heteroatoms. The second-order valence-electron chi connectivity index (χ2n) is 6.73. The van der Waals surface area contributed by atoms with Crippen LogP contribution in [0.1, 0.15) is 46.0 Å². The highest BCUT2D eigenvalue weighted by molar-refractivity contribution is 6.25. The molecular weight excluding hydrogens is 362 g/mol. The van der Waals surface area contributed by atoms with Gasteiger partial charge in [-0.25, -0.2) is 0 Å². The van der Waals surface area contributed by atoms with Crippen LogP contribution in [0.2, 0.25) is 0 Å². The maximum absolute atomic E-state index is 13.0. The van der Waals surface area contributed by atoms with Gasteiger partial charge in [0.05, 0.1) is 17.3 Å².